The average molecular weight is 1150 g/mol. The zero-order chi connectivity index (χ0) is 59.8. The maximum absolute atomic E-state index is 12.8. The Kier molecular flexibility index (Phi) is 56.6. The lowest BCUT2D eigenvalue weighted by Crippen LogP contribution is -2.37. The molecule has 0 aromatic heterocycles. The van der Waals surface area contributed by atoms with Gasteiger partial charge in [0.25, 0.3) is 7.82 Å². The lowest BCUT2D eigenvalue weighted by atomic mass is 10.1. The van der Waals surface area contributed by atoms with Crippen molar-refractivity contribution in [1.82, 2.24) is 0 Å². The van der Waals surface area contributed by atoms with Crippen molar-refractivity contribution in [3.8, 4) is 0 Å². The first kappa shape index (κ1) is 76.9. The summed E-state index contributed by atoms with van der Waals surface area (Å²) in [7, 11) is 1.09. The van der Waals surface area contributed by atoms with Gasteiger partial charge in [-0.3, -0.25) is 14.2 Å². The van der Waals surface area contributed by atoms with Gasteiger partial charge in [-0.15, -0.1) is 0 Å². The normalized spacial score (nSPS) is 14.6. The van der Waals surface area contributed by atoms with Crippen LogP contribution in [0.1, 0.15) is 194 Å². The maximum Gasteiger partial charge on any atom is 0.306 e. The lowest BCUT2D eigenvalue weighted by molar-refractivity contribution is -0.870. The van der Waals surface area contributed by atoms with Gasteiger partial charge in [-0.1, -0.05) is 240 Å². The summed E-state index contributed by atoms with van der Waals surface area (Å²) in [6, 6.07) is 0. The second-order valence-corrected chi connectivity index (χ2v) is 22.4. The van der Waals surface area contributed by atoms with E-state index < -0.39 is 32.5 Å². The number of nitrogens with zero attached hydrogens (tertiary/aromatic N) is 1. The molecular weight excluding hydrogens is 1040 g/mol. The van der Waals surface area contributed by atoms with Gasteiger partial charge in [-0.2, -0.15) is 0 Å². The number of unbranched alkanes of at least 4 members (excludes halogenated alkanes) is 8. The Morgan fingerprint density at radius 2 is 0.671 bits per heavy atom. The molecule has 0 spiro atoms. The van der Waals surface area contributed by atoms with Crippen LogP contribution in [0.5, 0.6) is 0 Å². The van der Waals surface area contributed by atoms with Gasteiger partial charge in [-0.05, 0) is 135 Å². The number of carbonyl (C=O) groups is 2. The molecule has 0 saturated carbocycles. The zero-order valence-corrected chi connectivity index (χ0v) is 52.7. The van der Waals surface area contributed by atoms with E-state index in [1.54, 1.807) is 0 Å². The SMILES string of the molecule is CC/C=C\C/C=C\C/C=C\C/C=C\C/C=C\C/C=C\C/C=C\C/C=C\C/C=C\CCCCCCCCCC(=O)OC(COC(=O)CCC/C=C\C/C=C\C/C=C\C/C=C\C/C=C\C/C=C\C/C=C\CC)COP(=O)([O-])OCC[N+](C)(C)C. The molecule has 0 saturated heterocycles. The van der Waals surface area contributed by atoms with Crippen LogP contribution in [-0.4, -0.2) is 70.0 Å². The van der Waals surface area contributed by atoms with E-state index in [2.05, 4.69) is 202 Å². The number of ether oxygens (including phenoxy) is 2. The lowest BCUT2D eigenvalue weighted by Gasteiger charge is -2.28. The quantitative estimate of drug-likeness (QED) is 0.0195. The first-order valence-corrected chi connectivity index (χ1v) is 32.6. The number of phosphoric ester groups is 1. The van der Waals surface area contributed by atoms with Gasteiger partial charge in [-0.25, -0.2) is 0 Å². The minimum absolute atomic E-state index is 0.0544. The van der Waals surface area contributed by atoms with Crippen molar-refractivity contribution >= 4 is 19.8 Å². The van der Waals surface area contributed by atoms with Crippen LogP contribution in [0.15, 0.2) is 194 Å². The topological polar surface area (TPSA) is 111 Å². The Bertz CT molecular complexity index is 2080. The monoisotopic (exact) mass is 1150 g/mol. The molecule has 82 heavy (non-hydrogen) atoms. The summed E-state index contributed by atoms with van der Waals surface area (Å²) in [4.78, 5) is 37.9. The van der Waals surface area contributed by atoms with Gasteiger partial charge in [0, 0.05) is 12.8 Å². The summed E-state index contributed by atoms with van der Waals surface area (Å²) in [5.74, 6) is -0.935. The number of carbonyl (C=O) groups excluding carboxylic acids is 2. The van der Waals surface area contributed by atoms with Gasteiger partial charge >= 0.3 is 11.9 Å². The molecule has 0 aliphatic rings. The molecule has 0 bridgehead atoms. The Hall–Kier alpha value is -5.15. The summed E-state index contributed by atoms with van der Waals surface area (Å²) < 4.78 is 34.1. The highest BCUT2D eigenvalue weighted by molar-refractivity contribution is 7.45. The third-order valence-corrected chi connectivity index (χ3v) is 13.1. The molecule has 0 rings (SSSR count). The second-order valence-electron chi connectivity index (χ2n) is 20.9. The highest BCUT2D eigenvalue weighted by atomic mass is 31.2. The number of allylic oxidation sites excluding steroid dienone is 32. The van der Waals surface area contributed by atoms with Gasteiger partial charge < -0.3 is 27.9 Å². The van der Waals surface area contributed by atoms with Crippen LogP contribution in [0.4, 0.5) is 0 Å². The first-order chi connectivity index (χ1) is 40.0. The second kappa shape index (κ2) is 60.4. The molecule has 0 aromatic rings. The molecule has 0 aliphatic heterocycles. The standard InChI is InChI=1S/C72H112NO8P/c1-6-8-10-12-14-16-18-20-22-24-26-28-30-31-32-33-34-35-36-37-38-39-40-41-43-45-47-49-51-53-55-57-59-61-63-65-72(75)81-70(69-80-82(76,77)79-67-66-73(3,4)5)68-78-71(74)64-62-60-58-56-54-52-50-48-46-44-42-29-27-25-23-21-19-17-15-13-11-9-7-2/h8-11,14-17,20-23,26-29,31-32,34-35,37-38,40-41,44-47,50,52,56,58,70H,6-7,12-13,18-19,24-25,30,33,36,39,42-43,48-49,51,53-55,57,59-69H2,1-5H3/b10-8-,11-9-,16-14-,17-15-,22-20-,23-21-,28-26-,29-27-,32-31-,35-34-,38-37-,41-40-,46-44-,47-45-,52-50-,58-56-. The zero-order valence-electron chi connectivity index (χ0n) is 51.8. The molecule has 2 atom stereocenters. The molecule has 9 nitrogen and oxygen atoms in total. The van der Waals surface area contributed by atoms with E-state index in [9.17, 15) is 19.0 Å². The van der Waals surface area contributed by atoms with Crippen molar-refractivity contribution in [3.05, 3.63) is 194 Å². The van der Waals surface area contributed by atoms with E-state index in [0.29, 0.717) is 30.3 Å². The van der Waals surface area contributed by atoms with Gasteiger partial charge in [0.2, 0.25) is 0 Å². The Balaban J connectivity index is 4.30. The molecule has 0 aliphatic carbocycles. The third kappa shape index (κ3) is 64.0. The van der Waals surface area contributed by atoms with E-state index in [0.717, 1.165) is 141 Å². The molecule has 0 heterocycles. The number of hydrogen-bond donors (Lipinski definition) is 0. The van der Waals surface area contributed by atoms with Crippen LogP contribution in [0.3, 0.4) is 0 Å². The van der Waals surface area contributed by atoms with Crippen molar-refractivity contribution in [1.29, 1.82) is 0 Å². The molecule has 10 heteroatoms. The first-order valence-electron chi connectivity index (χ1n) is 31.1. The number of phosphoric acid groups is 1. The van der Waals surface area contributed by atoms with Crippen LogP contribution < -0.4 is 4.89 Å². The third-order valence-electron chi connectivity index (χ3n) is 12.1. The van der Waals surface area contributed by atoms with E-state index >= 15 is 0 Å². The van der Waals surface area contributed by atoms with Crippen molar-refractivity contribution in [3.63, 3.8) is 0 Å². The fourth-order valence-electron chi connectivity index (χ4n) is 7.40. The highest BCUT2D eigenvalue weighted by Gasteiger charge is 2.21. The summed E-state index contributed by atoms with van der Waals surface area (Å²) in [6.07, 6.45) is 94.9. The van der Waals surface area contributed by atoms with Crippen LogP contribution >= 0.6 is 7.82 Å². The van der Waals surface area contributed by atoms with Crippen LogP contribution in [0.25, 0.3) is 0 Å². The number of likely N-dealkylation sites (N-methyl/N-ethyl adjacent to an activating group) is 1. The van der Waals surface area contributed by atoms with Crippen molar-refractivity contribution in [2.75, 3.05) is 47.5 Å². The van der Waals surface area contributed by atoms with Crippen LogP contribution in [0, 0.1) is 0 Å². The van der Waals surface area contributed by atoms with Crippen molar-refractivity contribution in [2.45, 2.75) is 200 Å². The van der Waals surface area contributed by atoms with E-state index in [4.69, 9.17) is 18.5 Å². The van der Waals surface area contributed by atoms with Gasteiger partial charge in [0.15, 0.2) is 6.10 Å². The van der Waals surface area contributed by atoms with Crippen LogP contribution in [0.2, 0.25) is 0 Å². The molecule has 0 aromatic carbocycles. The Labute approximate surface area is 501 Å². The van der Waals surface area contributed by atoms with E-state index in [-0.39, 0.29) is 26.1 Å². The fraction of sp³-hybridized carbons (Fsp3) is 0.528. The summed E-state index contributed by atoms with van der Waals surface area (Å²) in [5, 5.41) is 0. The van der Waals surface area contributed by atoms with Gasteiger partial charge in [0.05, 0.1) is 27.7 Å². The average Bonchev–Trinajstić information content (AvgIpc) is 3.45. The molecule has 458 valence electrons. The van der Waals surface area contributed by atoms with E-state index in [1.807, 2.05) is 27.2 Å². The van der Waals surface area contributed by atoms with Crippen molar-refractivity contribution in [2.24, 2.45) is 0 Å². The molecular formula is C72H112NO8P. The smallest absolute Gasteiger partial charge is 0.306 e. The highest BCUT2D eigenvalue weighted by Crippen LogP contribution is 2.38. The fourth-order valence-corrected chi connectivity index (χ4v) is 8.13. The molecule has 0 fully saturated rings. The summed E-state index contributed by atoms with van der Waals surface area (Å²) in [5.41, 5.74) is 0. The van der Waals surface area contributed by atoms with Crippen molar-refractivity contribution < 1.29 is 42.1 Å². The predicted octanol–water partition coefficient (Wildman–Crippen LogP) is 19.5. The number of rotatable bonds is 54. The minimum Gasteiger partial charge on any atom is -0.756 e. The number of esters is 2. The maximum atomic E-state index is 12.8. The Morgan fingerprint density at radius 3 is 1.01 bits per heavy atom. The summed E-state index contributed by atoms with van der Waals surface area (Å²) >= 11 is 0. The number of hydrogen-bond acceptors (Lipinski definition) is 8. The van der Waals surface area contributed by atoms with Crippen LogP contribution in [-0.2, 0) is 32.7 Å². The minimum atomic E-state index is -4.67. The predicted molar refractivity (Wildman–Crippen MR) is 350 cm³/mol. The largest absolute Gasteiger partial charge is 0.756 e. The Morgan fingerprint density at radius 1 is 0.378 bits per heavy atom. The van der Waals surface area contributed by atoms with E-state index in [1.165, 1.54) is 6.42 Å². The number of quaternary nitrogens is 1. The molecule has 0 N–H and O–H groups in total. The molecule has 0 radical (unpaired) electrons. The molecule has 0 amide bonds. The molecule has 2 unspecified atom stereocenters. The summed E-state index contributed by atoms with van der Waals surface area (Å²) in [6.45, 7) is 3.89. The van der Waals surface area contributed by atoms with Gasteiger partial charge in [0.1, 0.15) is 19.8 Å².